The van der Waals surface area contributed by atoms with Gasteiger partial charge >= 0.3 is 0 Å². The van der Waals surface area contributed by atoms with Crippen molar-refractivity contribution in [2.45, 2.75) is 43.5 Å². The van der Waals surface area contributed by atoms with Crippen molar-refractivity contribution in [3.63, 3.8) is 0 Å². The van der Waals surface area contributed by atoms with Crippen LogP contribution in [0.3, 0.4) is 0 Å². The van der Waals surface area contributed by atoms with E-state index in [1.807, 2.05) is 25.3 Å². The summed E-state index contributed by atoms with van der Waals surface area (Å²) < 4.78 is 5.66. The second-order valence-electron chi connectivity index (χ2n) is 4.74. The van der Waals surface area contributed by atoms with Crippen molar-refractivity contribution >= 4 is 21.7 Å². The Labute approximate surface area is 118 Å². The Kier molecular flexibility index (Phi) is 4.87. The average molecular weight is 313 g/mol. The summed E-state index contributed by atoms with van der Waals surface area (Å²) >= 11 is 3.81. The zero-order valence-corrected chi connectivity index (χ0v) is 12.7. The van der Waals surface area contributed by atoms with Crippen LogP contribution in [-0.4, -0.2) is 29.5 Å². The molecule has 2 rings (SSSR count). The molecule has 1 fully saturated rings. The Hall–Kier alpha value is -0.770. The molecule has 1 aliphatic rings. The molecule has 0 saturated heterocycles. The number of hydrogen-bond donors (Lipinski definition) is 0. The predicted molar refractivity (Wildman–Crippen MR) is 78.8 cm³/mol. The van der Waals surface area contributed by atoms with E-state index < -0.39 is 0 Å². The summed E-state index contributed by atoms with van der Waals surface area (Å²) in [5, 5.41) is 0. The molecule has 0 bridgehead atoms. The molecular formula is C14H21BrN2O. The van der Waals surface area contributed by atoms with Crippen LogP contribution in [0.2, 0.25) is 0 Å². The van der Waals surface area contributed by atoms with Gasteiger partial charge in [0.2, 0.25) is 0 Å². The molecule has 0 radical (unpaired) electrons. The fourth-order valence-corrected chi connectivity index (χ4v) is 3.52. The highest BCUT2D eigenvalue weighted by atomic mass is 79.9. The lowest BCUT2D eigenvalue weighted by molar-refractivity contribution is 0.337. The normalized spacial score (nSPS) is 23.7. The van der Waals surface area contributed by atoms with Gasteiger partial charge in [0.05, 0.1) is 6.61 Å². The minimum absolute atomic E-state index is 0.507. The standard InChI is InChI=1S/C14H21BrN2O/c1-3-18-13-9-6-10-16-14(13)17(2)12-8-5-4-7-11(12)15/h6,9-12H,3-5,7-8H2,1-2H3. The molecule has 1 saturated carbocycles. The molecule has 3 nitrogen and oxygen atoms in total. The van der Waals surface area contributed by atoms with Crippen molar-refractivity contribution in [1.29, 1.82) is 0 Å². The van der Waals surface area contributed by atoms with Gasteiger partial charge in [-0.25, -0.2) is 4.98 Å². The summed E-state index contributed by atoms with van der Waals surface area (Å²) in [7, 11) is 2.12. The van der Waals surface area contributed by atoms with E-state index in [-0.39, 0.29) is 0 Å². The van der Waals surface area contributed by atoms with Gasteiger partial charge in [0, 0.05) is 24.1 Å². The first-order chi connectivity index (χ1) is 8.74. The van der Waals surface area contributed by atoms with Gasteiger partial charge in [-0.1, -0.05) is 28.8 Å². The number of halogens is 1. The highest BCUT2D eigenvalue weighted by Gasteiger charge is 2.28. The van der Waals surface area contributed by atoms with Gasteiger partial charge in [0.15, 0.2) is 11.6 Å². The Balaban J connectivity index is 2.19. The largest absolute Gasteiger partial charge is 0.490 e. The Bertz CT molecular complexity index is 386. The van der Waals surface area contributed by atoms with E-state index in [1.165, 1.54) is 25.7 Å². The van der Waals surface area contributed by atoms with Crippen molar-refractivity contribution in [2.75, 3.05) is 18.6 Å². The molecule has 18 heavy (non-hydrogen) atoms. The van der Waals surface area contributed by atoms with Crippen LogP contribution in [0.5, 0.6) is 5.75 Å². The zero-order valence-electron chi connectivity index (χ0n) is 11.1. The van der Waals surface area contributed by atoms with Crippen molar-refractivity contribution in [3.8, 4) is 5.75 Å². The van der Waals surface area contributed by atoms with Crippen LogP contribution in [0.15, 0.2) is 18.3 Å². The number of nitrogens with zero attached hydrogens (tertiary/aromatic N) is 2. The molecule has 0 aliphatic heterocycles. The van der Waals surface area contributed by atoms with E-state index in [1.54, 1.807) is 0 Å². The molecule has 4 heteroatoms. The van der Waals surface area contributed by atoms with Crippen LogP contribution in [0.1, 0.15) is 32.6 Å². The van der Waals surface area contributed by atoms with Crippen molar-refractivity contribution in [2.24, 2.45) is 0 Å². The fourth-order valence-electron chi connectivity index (χ4n) is 2.57. The Morgan fingerprint density at radius 1 is 1.44 bits per heavy atom. The van der Waals surface area contributed by atoms with Crippen LogP contribution in [0, 0.1) is 0 Å². The van der Waals surface area contributed by atoms with E-state index in [9.17, 15) is 0 Å². The van der Waals surface area contributed by atoms with E-state index in [4.69, 9.17) is 4.74 Å². The van der Waals surface area contributed by atoms with Crippen molar-refractivity contribution < 1.29 is 4.74 Å². The minimum atomic E-state index is 0.507. The van der Waals surface area contributed by atoms with E-state index in [0.717, 1.165) is 11.6 Å². The second kappa shape index (κ2) is 6.41. The van der Waals surface area contributed by atoms with Gasteiger partial charge in [0.25, 0.3) is 0 Å². The van der Waals surface area contributed by atoms with Crippen LogP contribution >= 0.6 is 15.9 Å². The van der Waals surface area contributed by atoms with Crippen molar-refractivity contribution in [1.82, 2.24) is 4.98 Å². The predicted octanol–water partition coefficient (Wildman–Crippen LogP) is 3.62. The smallest absolute Gasteiger partial charge is 0.171 e. The summed E-state index contributed by atoms with van der Waals surface area (Å²) in [4.78, 5) is 7.30. The quantitative estimate of drug-likeness (QED) is 0.794. The number of aromatic nitrogens is 1. The van der Waals surface area contributed by atoms with Crippen LogP contribution in [0.4, 0.5) is 5.82 Å². The monoisotopic (exact) mass is 312 g/mol. The summed E-state index contributed by atoms with van der Waals surface area (Å²) in [6.45, 7) is 2.68. The molecule has 0 amide bonds. The Morgan fingerprint density at radius 3 is 2.94 bits per heavy atom. The van der Waals surface area contributed by atoms with Gasteiger partial charge in [-0.15, -0.1) is 0 Å². The molecule has 1 aliphatic carbocycles. The zero-order chi connectivity index (χ0) is 13.0. The molecule has 100 valence electrons. The molecule has 2 unspecified atom stereocenters. The minimum Gasteiger partial charge on any atom is -0.490 e. The Morgan fingerprint density at radius 2 is 2.22 bits per heavy atom. The maximum Gasteiger partial charge on any atom is 0.171 e. The lowest BCUT2D eigenvalue weighted by atomic mass is 9.94. The van der Waals surface area contributed by atoms with Gasteiger partial charge in [-0.05, 0) is 31.9 Å². The molecule has 0 spiro atoms. The first-order valence-electron chi connectivity index (χ1n) is 6.68. The van der Waals surface area contributed by atoms with E-state index in [0.29, 0.717) is 17.5 Å². The lowest BCUT2D eigenvalue weighted by Crippen LogP contribution is -2.41. The SMILES string of the molecule is CCOc1cccnc1N(C)C1CCCCC1Br. The summed E-state index contributed by atoms with van der Waals surface area (Å²) in [5.41, 5.74) is 0. The molecule has 1 heterocycles. The third-order valence-electron chi connectivity index (χ3n) is 3.53. The highest BCUT2D eigenvalue weighted by Crippen LogP contribution is 2.33. The van der Waals surface area contributed by atoms with Gasteiger partial charge in [-0.2, -0.15) is 0 Å². The van der Waals surface area contributed by atoms with Gasteiger partial charge in [-0.3, -0.25) is 0 Å². The maximum atomic E-state index is 5.66. The van der Waals surface area contributed by atoms with E-state index in [2.05, 4.69) is 32.9 Å². The number of rotatable bonds is 4. The average Bonchev–Trinajstić information content (AvgIpc) is 2.40. The first-order valence-corrected chi connectivity index (χ1v) is 7.60. The first kappa shape index (κ1) is 13.7. The highest BCUT2D eigenvalue weighted by molar-refractivity contribution is 9.09. The maximum absolute atomic E-state index is 5.66. The molecule has 1 aromatic rings. The van der Waals surface area contributed by atoms with E-state index >= 15 is 0 Å². The molecule has 1 aromatic heterocycles. The topological polar surface area (TPSA) is 25.4 Å². The summed E-state index contributed by atoms with van der Waals surface area (Å²) in [6, 6.07) is 4.43. The van der Waals surface area contributed by atoms with Crippen LogP contribution < -0.4 is 9.64 Å². The second-order valence-corrected chi connectivity index (χ2v) is 5.91. The summed E-state index contributed by atoms with van der Waals surface area (Å²) in [5.74, 6) is 1.84. The van der Waals surface area contributed by atoms with Crippen LogP contribution in [0.25, 0.3) is 0 Å². The number of pyridine rings is 1. The van der Waals surface area contributed by atoms with Crippen molar-refractivity contribution in [3.05, 3.63) is 18.3 Å². The number of hydrogen-bond acceptors (Lipinski definition) is 3. The summed E-state index contributed by atoms with van der Waals surface area (Å²) in [6.07, 6.45) is 6.91. The third-order valence-corrected chi connectivity index (χ3v) is 4.60. The third kappa shape index (κ3) is 2.97. The van der Waals surface area contributed by atoms with Gasteiger partial charge in [0.1, 0.15) is 0 Å². The lowest BCUT2D eigenvalue weighted by Gasteiger charge is -2.36. The number of ether oxygens (including phenoxy) is 1. The van der Waals surface area contributed by atoms with Gasteiger partial charge < -0.3 is 9.64 Å². The molecule has 0 N–H and O–H groups in total. The fraction of sp³-hybridized carbons (Fsp3) is 0.643. The molecule has 2 atom stereocenters. The van der Waals surface area contributed by atoms with Crippen LogP contribution in [-0.2, 0) is 0 Å². The molecular weight excluding hydrogens is 292 g/mol. The number of anilines is 1. The molecule has 0 aromatic carbocycles. The number of alkyl halides is 1.